The zero-order chi connectivity index (χ0) is 13.1. The van der Waals surface area contributed by atoms with E-state index in [-0.39, 0.29) is 0 Å². The molecule has 1 spiro atoms. The molecule has 0 unspecified atom stereocenters. The number of unbranched alkanes of at least 4 members (excludes halogenated alkanes) is 1. The van der Waals surface area contributed by atoms with Crippen LogP contribution >= 0.6 is 0 Å². The molecule has 0 aromatic carbocycles. The van der Waals surface area contributed by atoms with Gasteiger partial charge in [-0.1, -0.05) is 40.0 Å². The van der Waals surface area contributed by atoms with E-state index in [0.717, 1.165) is 0 Å². The maximum atomic E-state index is 3.93. The first-order valence-electron chi connectivity index (χ1n) is 8.20. The lowest BCUT2D eigenvalue weighted by molar-refractivity contribution is 0.00345. The first-order valence-corrected chi connectivity index (χ1v) is 8.20. The Morgan fingerprint density at radius 1 is 1.06 bits per heavy atom. The smallest absolute Gasteiger partial charge is 0.0334 e. The zero-order valence-corrected chi connectivity index (χ0v) is 12.7. The molecule has 2 fully saturated rings. The minimum atomic E-state index is 0.390. The average Bonchev–Trinajstić information content (AvgIpc) is 2.88. The van der Waals surface area contributed by atoms with Gasteiger partial charge in [0.1, 0.15) is 0 Å². The molecule has 1 heterocycles. The second kappa shape index (κ2) is 5.92. The van der Waals surface area contributed by atoms with Crippen molar-refractivity contribution in [2.45, 2.75) is 83.2 Å². The standard InChI is InChI=1S/C16H32N2/c1-4-7-12-18-14-15(5-2,6-3)17-13-16(18)10-8-9-11-16/h17H,4-14H2,1-3H3. The van der Waals surface area contributed by atoms with Crippen LogP contribution in [0.2, 0.25) is 0 Å². The van der Waals surface area contributed by atoms with Crippen molar-refractivity contribution in [2.24, 2.45) is 0 Å². The van der Waals surface area contributed by atoms with Gasteiger partial charge in [-0.2, -0.15) is 0 Å². The van der Waals surface area contributed by atoms with Gasteiger partial charge in [0.05, 0.1) is 0 Å². The summed E-state index contributed by atoms with van der Waals surface area (Å²) in [6.45, 7) is 10.8. The van der Waals surface area contributed by atoms with Gasteiger partial charge in [0.15, 0.2) is 0 Å². The van der Waals surface area contributed by atoms with Crippen molar-refractivity contribution in [1.29, 1.82) is 0 Å². The lowest BCUT2D eigenvalue weighted by atomic mass is 9.82. The Hall–Kier alpha value is -0.0800. The van der Waals surface area contributed by atoms with Gasteiger partial charge in [0.2, 0.25) is 0 Å². The van der Waals surface area contributed by atoms with Crippen LogP contribution in [-0.4, -0.2) is 35.6 Å². The summed E-state index contributed by atoms with van der Waals surface area (Å²) in [5.41, 5.74) is 0.907. The van der Waals surface area contributed by atoms with Crippen molar-refractivity contribution in [3.8, 4) is 0 Å². The highest BCUT2D eigenvalue weighted by Crippen LogP contribution is 2.39. The second-order valence-corrected chi connectivity index (χ2v) is 6.55. The molecule has 0 radical (unpaired) electrons. The maximum Gasteiger partial charge on any atom is 0.0334 e. The van der Waals surface area contributed by atoms with E-state index in [4.69, 9.17) is 0 Å². The molecule has 0 atom stereocenters. The van der Waals surface area contributed by atoms with Crippen molar-refractivity contribution in [3.05, 3.63) is 0 Å². The van der Waals surface area contributed by atoms with Crippen molar-refractivity contribution in [1.82, 2.24) is 10.2 Å². The van der Waals surface area contributed by atoms with Crippen LogP contribution in [0.3, 0.4) is 0 Å². The van der Waals surface area contributed by atoms with E-state index in [1.165, 1.54) is 71.0 Å². The minimum Gasteiger partial charge on any atom is -0.308 e. The fourth-order valence-corrected chi connectivity index (χ4v) is 3.97. The van der Waals surface area contributed by atoms with Crippen molar-refractivity contribution in [3.63, 3.8) is 0 Å². The lowest BCUT2D eigenvalue weighted by Gasteiger charge is -2.53. The highest BCUT2D eigenvalue weighted by molar-refractivity contribution is 5.06. The summed E-state index contributed by atoms with van der Waals surface area (Å²) in [7, 11) is 0. The first-order chi connectivity index (χ1) is 8.70. The summed E-state index contributed by atoms with van der Waals surface area (Å²) in [5.74, 6) is 0. The molecule has 2 aliphatic rings. The molecule has 106 valence electrons. The van der Waals surface area contributed by atoms with Gasteiger partial charge < -0.3 is 5.32 Å². The van der Waals surface area contributed by atoms with E-state index in [1.54, 1.807) is 0 Å². The highest BCUT2D eigenvalue weighted by atomic mass is 15.3. The first kappa shape index (κ1) is 14.3. The van der Waals surface area contributed by atoms with Crippen LogP contribution < -0.4 is 5.32 Å². The number of hydrogen-bond acceptors (Lipinski definition) is 2. The molecule has 0 amide bonds. The van der Waals surface area contributed by atoms with E-state index in [2.05, 4.69) is 31.0 Å². The normalized spacial score (nSPS) is 26.8. The van der Waals surface area contributed by atoms with Gasteiger partial charge >= 0.3 is 0 Å². The monoisotopic (exact) mass is 252 g/mol. The molecule has 1 saturated carbocycles. The fourth-order valence-electron chi connectivity index (χ4n) is 3.97. The highest BCUT2D eigenvalue weighted by Gasteiger charge is 2.46. The number of nitrogens with one attached hydrogen (secondary N) is 1. The topological polar surface area (TPSA) is 15.3 Å². The molecule has 0 aromatic heterocycles. The van der Waals surface area contributed by atoms with Gasteiger partial charge in [-0.05, 0) is 38.6 Å². The van der Waals surface area contributed by atoms with Gasteiger partial charge in [0, 0.05) is 24.2 Å². The largest absolute Gasteiger partial charge is 0.308 e. The van der Waals surface area contributed by atoms with E-state index >= 15 is 0 Å². The van der Waals surface area contributed by atoms with Crippen molar-refractivity contribution < 1.29 is 0 Å². The van der Waals surface area contributed by atoms with Gasteiger partial charge in [-0.15, -0.1) is 0 Å². The Morgan fingerprint density at radius 3 is 2.28 bits per heavy atom. The number of rotatable bonds is 5. The molecule has 2 rings (SSSR count). The predicted molar refractivity (Wildman–Crippen MR) is 79.0 cm³/mol. The zero-order valence-electron chi connectivity index (χ0n) is 12.7. The lowest BCUT2D eigenvalue weighted by Crippen LogP contribution is -2.69. The molecular weight excluding hydrogens is 220 g/mol. The van der Waals surface area contributed by atoms with E-state index in [1.807, 2.05) is 0 Å². The summed E-state index contributed by atoms with van der Waals surface area (Å²) < 4.78 is 0. The molecule has 0 bridgehead atoms. The molecule has 0 aromatic rings. The van der Waals surface area contributed by atoms with Crippen LogP contribution in [0.15, 0.2) is 0 Å². The van der Waals surface area contributed by atoms with Crippen LogP contribution in [-0.2, 0) is 0 Å². The van der Waals surface area contributed by atoms with Gasteiger partial charge in [0.25, 0.3) is 0 Å². The average molecular weight is 252 g/mol. The van der Waals surface area contributed by atoms with Gasteiger partial charge in [-0.3, -0.25) is 4.90 Å². The Balaban J connectivity index is 2.09. The van der Waals surface area contributed by atoms with Crippen LogP contribution in [0.4, 0.5) is 0 Å². The summed E-state index contributed by atoms with van der Waals surface area (Å²) in [6, 6.07) is 0. The Labute approximate surface area is 114 Å². The molecule has 18 heavy (non-hydrogen) atoms. The van der Waals surface area contributed by atoms with Crippen LogP contribution in [0.1, 0.15) is 72.1 Å². The molecule has 1 N–H and O–H groups in total. The Kier molecular flexibility index (Phi) is 4.71. The molecule has 2 nitrogen and oxygen atoms in total. The fraction of sp³-hybridized carbons (Fsp3) is 1.00. The molecule has 1 saturated heterocycles. The summed E-state index contributed by atoms with van der Waals surface area (Å²) in [6.07, 6.45) is 11.0. The van der Waals surface area contributed by atoms with Crippen LogP contribution in [0.25, 0.3) is 0 Å². The second-order valence-electron chi connectivity index (χ2n) is 6.55. The molecule has 1 aliphatic carbocycles. The summed E-state index contributed by atoms with van der Waals surface area (Å²) in [4.78, 5) is 2.87. The predicted octanol–water partition coefficient (Wildman–Crippen LogP) is 3.56. The van der Waals surface area contributed by atoms with E-state index in [0.29, 0.717) is 11.1 Å². The summed E-state index contributed by atoms with van der Waals surface area (Å²) in [5, 5.41) is 3.93. The molecule has 2 heteroatoms. The van der Waals surface area contributed by atoms with E-state index in [9.17, 15) is 0 Å². The number of hydrogen-bond donors (Lipinski definition) is 1. The third-order valence-electron chi connectivity index (χ3n) is 5.63. The number of piperazine rings is 1. The Morgan fingerprint density at radius 2 is 1.72 bits per heavy atom. The number of nitrogens with zero attached hydrogens (tertiary/aromatic N) is 1. The van der Waals surface area contributed by atoms with Crippen molar-refractivity contribution in [2.75, 3.05) is 19.6 Å². The minimum absolute atomic E-state index is 0.390. The van der Waals surface area contributed by atoms with Crippen LogP contribution in [0, 0.1) is 0 Å². The summed E-state index contributed by atoms with van der Waals surface area (Å²) >= 11 is 0. The quantitative estimate of drug-likeness (QED) is 0.805. The van der Waals surface area contributed by atoms with E-state index < -0.39 is 0 Å². The Bertz CT molecular complexity index is 252. The molecule has 1 aliphatic heterocycles. The third kappa shape index (κ3) is 2.60. The third-order valence-corrected chi connectivity index (χ3v) is 5.63. The SMILES string of the molecule is CCCCN1CC(CC)(CC)NCC12CCCC2. The van der Waals surface area contributed by atoms with Crippen LogP contribution in [0.5, 0.6) is 0 Å². The maximum absolute atomic E-state index is 3.93. The van der Waals surface area contributed by atoms with Crippen molar-refractivity contribution >= 4 is 0 Å². The van der Waals surface area contributed by atoms with Gasteiger partial charge in [-0.25, -0.2) is 0 Å². The molecular formula is C16H32N2.